The summed E-state index contributed by atoms with van der Waals surface area (Å²) in [6.07, 6.45) is 0. The monoisotopic (exact) mass is 318 g/mol. The largest absolute Gasteiger partial charge is 0.355 e. The number of hydrogen-bond donors (Lipinski definition) is 2. The van der Waals surface area contributed by atoms with E-state index in [1.54, 1.807) is 23.9 Å². The molecule has 1 aliphatic rings. The number of amides is 1. The fourth-order valence-electron chi connectivity index (χ4n) is 1.74. The Morgan fingerprint density at radius 1 is 1.45 bits per heavy atom. The summed E-state index contributed by atoms with van der Waals surface area (Å²) < 4.78 is 12.8. The molecule has 1 heterocycles. The highest BCUT2D eigenvalue weighted by Gasteiger charge is 2.19. The molecule has 2 N–H and O–H groups in total. The van der Waals surface area contributed by atoms with E-state index in [9.17, 15) is 9.18 Å². The lowest BCUT2D eigenvalue weighted by Gasteiger charge is -2.27. The Bertz CT molecular complexity index is 426. The second kappa shape index (κ2) is 8.49. The molecule has 6 heteroatoms. The molecule has 0 aromatic heterocycles. The van der Waals surface area contributed by atoms with Crippen LogP contribution in [0, 0.1) is 17.7 Å². The van der Waals surface area contributed by atoms with Crippen LogP contribution < -0.4 is 10.6 Å². The highest BCUT2D eigenvalue weighted by molar-refractivity contribution is 7.99. The van der Waals surface area contributed by atoms with Crippen LogP contribution in [0.25, 0.3) is 0 Å². The zero-order chi connectivity index (χ0) is 13.7. The number of rotatable bonds is 6. The van der Waals surface area contributed by atoms with E-state index in [-0.39, 0.29) is 30.0 Å². The number of thioether (sulfide) groups is 1. The van der Waals surface area contributed by atoms with Crippen molar-refractivity contribution in [2.24, 2.45) is 11.8 Å². The van der Waals surface area contributed by atoms with E-state index in [4.69, 9.17) is 0 Å². The van der Waals surface area contributed by atoms with Crippen LogP contribution in [0.4, 0.5) is 4.39 Å². The fourth-order valence-corrected chi connectivity index (χ4v) is 2.66. The molecule has 1 atom stereocenters. The highest BCUT2D eigenvalue weighted by Crippen LogP contribution is 2.21. The zero-order valence-electron chi connectivity index (χ0n) is 11.4. The summed E-state index contributed by atoms with van der Waals surface area (Å²) in [5.74, 6) is 1.12. The van der Waals surface area contributed by atoms with Crippen molar-refractivity contribution in [2.45, 2.75) is 11.8 Å². The number of carbonyl (C=O) groups is 1. The normalized spacial score (nSPS) is 15.9. The SMILES string of the molecule is CC(CSc1ccc(F)cc1)C(=O)NCC1CNC1.Cl. The minimum Gasteiger partial charge on any atom is -0.355 e. The molecule has 1 aromatic carbocycles. The maximum absolute atomic E-state index is 12.8. The number of hydrogen-bond acceptors (Lipinski definition) is 3. The standard InChI is InChI=1S/C14H19FN2OS.ClH/c1-10(14(18)17-8-11-6-16-7-11)9-19-13-4-2-12(15)3-5-13;/h2-5,10-11,16H,6-9H2,1H3,(H,17,18);1H. The molecule has 1 aliphatic heterocycles. The van der Waals surface area contributed by atoms with Crippen molar-refractivity contribution in [2.75, 3.05) is 25.4 Å². The molecule has 2 rings (SSSR count). The Morgan fingerprint density at radius 2 is 2.10 bits per heavy atom. The van der Waals surface area contributed by atoms with Crippen LogP contribution in [-0.4, -0.2) is 31.3 Å². The van der Waals surface area contributed by atoms with E-state index in [0.29, 0.717) is 11.7 Å². The zero-order valence-corrected chi connectivity index (χ0v) is 13.0. The Hall–Kier alpha value is -0.780. The van der Waals surface area contributed by atoms with Gasteiger partial charge < -0.3 is 10.6 Å². The van der Waals surface area contributed by atoms with Crippen LogP contribution in [0.1, 0.15) is 6.92 Å². The van der Waals surface area contributed by atoms with Crippen molar-refractivity contribution in [1.82, 2.24) is 10.6 Å². The van der Waals surface area contributed by atoms with Gasteiger partial charge in [-0.3, -0.25) is 4.79 Å². The molecule has 1 aromatic rings. The summed E-state index contributed by atoms with van der Waals surface area (Å²) in [6.45, 7) is 4.68. The first-order valence-electron chi connectivity index (χ1n) is 6.52. The first-order chi connectivity index (χ1) is 9.15. The van der Waals surface area contributed by atoms with Crippen LogP contribution in [0.15, 0.2) is 29.2 Å². The van der Waals surface area contributed by atoms with Crippen molar-refractivity contribution in [3.63, 3.8) is 0 Å². The first kappa shape index (κ1) is 17.3. The maximum atomic E-state index is 12.8. The molecular formula is C14H20ClFN2OS. The maximum Gasteiger partial charge on any atom is 0.223 e. The predicted octanol–water partition coefficient (Wildman–Crippen LogP) is 2.31. The van der Waals surface area contributed by atoms with E-state index in [2.05, 4.69) is 10.6 Å². The third-order valence-corrected chi connectivity index (χ3v) is 4.46. The molecule has 0 aliphatic carbocycles. The van der Waals surface area contributed by atoms with Crippen LogP contribution in [0.2, 0.25) is 0 Å². The minimum atomic E-state index is -0.232. The molecule has 3 nitrogen and oxygen atoms in total. The molecule has 0 bridgehead atoms. The van der Waals surface area contributed by atoms with Crippen LogP contribution >= 0.6 is 24.2 Å². The van der Waals surface area contributed by atoms with Crippen molar-refractivity contribution >= 4 is 30.1 Å². The molecule has 20 heavy (non-hydrogen) atoms. The van der Waals surface area contributed by atoms with Crippen molar-refractivity contribution in [3.8, 4) is 0 Å². The molecule has 1 saturated heterocycles. The van der Waals surface area contributed by atoms with E-state index >= 15 is 0 Å². The average Bonchev–Trinajstić information content (AvgIpc) is 2.35. The Morgan fingerprint density at radius 3 is 2.65 bits per heavy atom. The molecule has 0 spiro atoms. The van der Waals surface area contributed by atoms with E-state index in [1.807, 2.05) is 6.92 Å². The topological polar surface area (TPSA) is 41.1 Å². The van der Waals surface area contributed by atoms with Crippen LogP contribution in [-0.2, 0) is 4.79 Å². The third kappa shape index (κ3) is 5.31. The third-order valence-electron chi connectivity index (χ3n) is 3.19. The second-order valence-electron chi connectivity index (χ2n) is 4.94. The molecule has 0 saturated carbocycles. The van der Waals surface area contributed by atoms with Gasteiger partial charge in [-0.2, -0.15) is 0 Å². The van der Waals surface area contributed by atoms with Crippen LogP contribution in [0.5, 0.6) is 0 Å². The van der Waals surface area contributed by atoms with E-state index in [1.165, 1.54) is 12.1 Å². The van der Waals surface area contributed by atoms with Crippen molar-refractivity contribution in [3.05, 3.63) is 30.1 Å². The van der Waals surface area contributed by atoms with Gasteiger partial charge in [0.2, 0.25) is 5.91 Å². The predicted molar refractivity (Wildman–Crippen MR) is 82.9 cm³/mol. The van der Waals surface area contributed by atoms with Crippen LogP contribution in [0.3, 0.4) is 0 Å². The number of benzene rings is 1. The Labute approximate surface area is 129 Å². The van der Waals surface area contributed by atoms with Gasteiger partial charge in [0.15, 0.2) is 0 Å². The summed E-state index contributed by atoms with van der Waals surface area (Å²) in [4.78, 5) is 12.8. The smallest absolute Gasteiger partial charge is 0.223 e. The van der Waals surface area contributed by atoms with E-state index < -0.39 is 0 Å². The lowest BCUT2D eigenvalue weighted by molar-refractivity contribution is -0.124. The summed E-state index contributed by atoms with van der Waals surface area (Å²) in [5, 5.41) is 6.16. The Kier molecular flexibility index (Phi) is 7.34. The Balaban J connectivity index is 0.00000200. The van der Waals surface area contributed by atoms with Crippen molar-refractivity contribution in [1.29, 1.82) is 0 Å². The lowest BCUT2D eigenvalue weighted by atomic mass is 10.0. The van der Waals surface area contributed by atoms with Gasteiger partial charge in [0.25, 0.3) is 0 Å². The molecule has 1 fully saturated rings. The molecule has 1 amide bonds. The number of carbonyl (C=O) groups excluding carboxylic acids is 1. The molecular weight excluding hydrogens is 299 g/mol. The summed E-state index contributed by atoms with van der Waals surface area (Å²) in [5.41, 5.74) is 0. The van der Waals surface area contributed by atoms with Gasteiger partial charge in [-0.1, -0.05) is 6.92 Å². The van der Waals surface area contributed by atoms with Crippen molar-refractivity contribution < 1.29 is 9.18 Å². The number of nitrogens with one attached hydrogen (secondary N) is 2. The number of halogens is 2. The van der Waals surface area contributed by atoms with Gasteiger partial charge in [-0.05, 0) is 24.3 Å². The summed E-state index contributed by atoms with van der Waals surface area (Å²) in [6, 6.07) is 6.36. The quantitative estimate of drug-likeness (QED) is 0.791. The fraction of sp³-hybridized carbons (Fsp3) is 0.500. The van der Waals surface area contributed by atoms with E-state index in [0.717, 1.165) is 24.5 Å². The molecule has 1 unspecified atom stereocenters. The van der Waals surface area contributed by atoms with Gasteiger partial charge in [-0.25, -0.2) is 4.39 Å². The average molecular weight is 319 g/mol. The highest BCUT2D eigenvalue weighted by atomic mass is 35.5. The second-order valence-corrected chi connectivity index (χ2v) is 6.03. The minimum absolute atomic E-state index is 0. The van der Waals surface area contributed by atoms with Gasteiger partial charge in [-0.15, -0.1) is 24.2 Å². The van der Waals surface area contributed by atoms with Gasteiger partial charge in [0.1, 0.15) is 5.82 Å². The summed E-state index contributed by atoms with van der Waals surface area (Å²) >= 11 is 1.58. The van der Waals surface area contributed by atoms with Gasteiger partial charge in [0.05, 0.1) is 0 Å². The molecule has 112 valence electrons. The lowest BCUT2D eigenvalue weighted by Crippen LogP contribution is -2.48. The first-order valence-corrected chi connectivity index (χ1v) is 7.50. The van der Waals surface area contributed by atoms with Gasteiger partial charge in [0, 0.05) is 42.1 Å². The molecule has 0 radical (unpaired) electrons. The summed E-state index contributed by atoms with van der Waals surface area (Å²) in [7, 11) is 0. The van der Waals surface area contributed by atoms with Gasteiger partial charge >= 0.3 is 0 Å².